The molecule has 1 rings (SSSR count). The van der Waals surface area contributed by atoms with Gasteiger partial charge < -0.3 is 0 Å². The molecule has 0 aliphatic carbocycles. The first-order valence-electron chi connectivity index (χ1n) is 3.01. The number of aromatic nitrogens is 1. The minimum Gasteiger partial charge on any atom is -0.218 e. The number of rotatable bonds is 1. The highest BCUT2D eigenvalue weighted by molar-refractivity contribution is 5.09. The minimum absolute atomic E-state index is 0.544. The van der Waals surface area contributed by atoms with Gasteiger partial charge >= 0.3 is 0 Å². The first-order valence-corrected chi connectivity index (χ1v) is 3.01. The van der Waals surface area contributed by atoms with Crippen molar-refractivity contribution in [2.75, 3.05) is 0 Å². The molecule has 0 unspecified atom stereocenters. The zero-order chi connectivity index (χ0) is 8.48. The summed E-state index contributed by atoms with van der Waals surface area (Å²) in [6.07, 6.45) is 0. The van der Waals surface area contributed by atoms with E-state index in [0.29, 0.717) is 6.92 Å². The van der Waals surface area contributed by atoms with Crippen LogP contribution in [0.4, 0.5) is 13.2 Å². The lowest BCUT2D eigenvalue weighted by molar-refractivity contribution is 0.0119. The second-order valence-electron chi connectivity index (χ2n) is 2.23. The summed E-state index contributed by atoms with van der Waals surface area (Å²) in [6, 6.07) is 3.31. The minimum atomic E-state index is -3.07. The van der Waals surface area contributed by atoms with Crippen molar-refractivity contribution in [2.24, 2.45) is 0 Å². The maximum Gasteiger partial charge on any atom is 0.287 e. The normalized spacial score (nSPS) is 11.6. The summed E-state index contributed by atoms with van der Waals surface area (Å²) in [4.78, 5) is 3.03. The van der Waals surface area contributed by atoms with Crippen LogP contribution in [0.1, 0.15) is 12.6 Å². The Balaban J connectivity index is 3.06. The van der Waals surface area contributed by atoms with Gasteiger partial charge in [-0.2, -0.15) is 13.2 Å². The first-order chi connectivity index (χ1) is 5.00. The lowest BCUT2D eigenvalue weighted by Gasteiger charge is -2.07. The predicted molar refractivity (Wildman–Crippen MR) is 33.8 cm³/mol. The average molecular weight is 161 g/mol. The maximum absolute atomic E-state index is 12.4. The molecule has 1 nitrogen and oxygen atoms in total. The zero-order valence-electron chi connectivity index (χ0n) is 5.81. The lowest BCUT2D eigenvalue weighted by Crippen LogP contribution is -2.09. The molecule has 60 valence electrons. The van der Waals surface area contributed by atoms with Gasteiger partial charge in [-0.25, -0.2) is 4.98 Å². The Hall–Kier alpha value is -1.06. The fraction of sp³-hybridized carbons (Fsp3) is 0.286. The van der Waals surface area contributed by atoms with Crippen LogP contribution in [0.5, 0.6) is 0 Å². The number of alkyl halides is 2. The van der Waals surface area contributed by atoms with E-state index in [0.717, 1.165) is 12.1 Å². The molecular formula is C7H6F3N. The standard InChI is InChI=1S/C7H6F3N/c1-7(9,10)5-3-2-4-6(8)11-5/h2-4H,1H3. The number of hydrogen-bond acceptors (Lipinski definition) is 1. The molecule has 0 bridgehead atoms. The molecule has 1 aromatic rings. The number of halogens is 3. The summed E-state index contributed by atoms with van der Waals surface area (Å²) in [6.45, 7) is 0.675. The molecule has 0 amide bonds. The van der Waals surface area contributed by atoms with Crippen LogP contribution in [0.3, 0.4) is 0 Å². The molecule has 0 aliphatic heterocycles. The number of nitrogens with zero attached hydrogens (tertiary/aromatic N) is 1. The average Bonchev–Trinajstić information content (AvgIpc) is 1.86. The second kappa shape index (κ2) is 2.53. The van der Waals surface area contributed by atoms with Gasteiger partial charge in [-0.05, 0) is 12.1 Å². The van der Waals surface area contributed by atoms with Crippen molar-refractivity contribution in [3.8, 4) is 0 Å². The molecule has 0 N–H and O–H groups in total. The first kappa shape index (κ1) is 8.04. The molecule has 0 radical (unpaired) electrons. The third-order valence-electron chi connectivity index (χ3n) is 1.16. The van der Waals surface area contributed by atoms with Crippen molar-refractivity contribution >= 4 is 0 Å². The van der Waals surface area contributed by atoms with Gasteiger partial charge in [0.1, 0.15) is 5.69 Å². The summed E-state index contributed by atoms with van der Waals surface area (Å²) in [5.74, 6) is -3.95. The quantitative estimate of drug-likeness (QED) is 0.576. The molecule has 0 atom stereocenters. The highest BCUT2D eigenvalue weighted by Gasteiger charge is 2.25. The Morgan fingerprint density at radius 2 is 2.00 bits per heavy atom. The van der Waals surface area contributed by atoms with E-state index in [-0.39, 0.29) is 0 Å². The number of hydrogen-bond donors (Lipinski definition) is 0. The molecule has 0 saturated carbocycles. The molecule has 1 heterocycles. The highest BCUT2D eigenvalue weighted by atomic mass is 19.3. The van der Waals surface area contributed by atoms with Crippen LogP contribution in [0.2, 0.25) is 0 Å². The maximum atomic E-state index is 12.4. The Morgan fingerprint density at radius 3 is 2.36 bits per heavy atom. The van der Waals surface area contributed by atoms with Crippen LogP contribution in [0.15, 0.2) is 18.2 Å². The van der Waals surface area contributed by atoms with Gasteiger partial charge in [-0.15, -0.1) is 0 Å². The summed E-state index contributed by atoms with van der Waals surface area (Å²) in [7, 11) is 0. The van der Waals surface area contributed by atoms with Crippen molar-refractivity contribution < 1.29 is 13.2 Å². The van der Waals surface area contributed by atoms with E-state index in [1.807, 2.05) is 0 Å². The Bertz CT molecular complexity index is 254. The van der Waals surface area contributed by atoms with Crippen LogP contribution in [0, 0.1) is 5.95 Å². The van der Waals surface area contributed by atoms with E-state index in [9.17, 15) is 13.2 Å². The Labute approximate surface area is 61.9 Å². The van der Waals surface area contributed by atoms with Gasteiger partial charge in [0.05, 0.1) is 0 Å². The van der Waals surface area contributed by atoms with Gasteiger partial charge in [-0.1, -0.05) is 6.07 Å². The fourth-order valence-corrected chi connectivity index (χ4v) is 0.653. The molecule has 4 heteroatoms. The largest absolute Gasteiger partial charge is 0.287 e. The molecule has 1 aromatic heterocycles. The molecular weight excluding hydrogens is 155 g/mol. The highest BCUT2D eigenvalue weighted by Crippen LogP contribution is 2.24. The summed E-state index contributed by atoms with van der Waals surface area (Å²) >= 11 is 0. The molecule has 0 fully saturated rings. The van der Waals surface area contributed by atoms with Gasteiger partial charge in [-0.3, -0.25) is 0 Å². The summed E-state index contributed by atoms with van der Waals surface area (Å²) < 4.78 is 37.1. The molecule has 0 spiro atoms. The monoisotopic (exact) mass is 161 g/mol. The van der Waals surface area contributed by atoms with Gasteiger partial charge in [0.25, 0.3) is 5.92 Å². The topological polar surface area (TPSA) is 12.9 Å². The lowest BCUT2D eigenvalue weighted by atomic mass is 10.2. The molecule has 0 aromatic carbocycles. The Morgan fingerprint density at radius 1 is 1.36 bits per heavy atom. The van der Waals surface area contributed by atoms with E-state index in [4.69, 9.17) is 0 Å². The van der Waals surface area contributed by atoms with Crippen LogP contribution < -0.4 is 0 Å². The smallest absolute Gasteiger partial charge is 0.218 e. The van der Waals surface area contributed by atoms with Gasteiger partial charge in [0.2, 0.25) is 5.95 Å². The van der Waals surface area contributed by atoms with E-state index < -0.39 is 17.6 Å². The van der Waals surface area contributed by atoms with Crippen LogP contribution in [-0.4, -0.2) is 4.98 Å². The molecule has 0 aliphatic rings. The molecule has 11 heavy (non-hydrogen) atoms. The van der Waals surface area contributed by atoms with E-state index >= 15 is 0 Å². The zero-order valence-corrected chi connectivity index (χ0v) is 5.81. The Kier molecular flexibility index (Phi) is 1.85. The summed E-state index contributed by atoms with van der Waals surface area (Å²) in [5.41, 5.74) is -0.544. The van der Waals surface area contributed by atoms with E-state index in [1.165, 1.54) is 6.07 Å². The second-order valence-corrected chi connectivity index (χ2v) is 2.23. The SMILES string of the molecule is CC(F)(F)c1cccc(F)n1. The third-order valence-corrected chi connectivity index (χ3v) is 1.16. The summed E-state index contributed by atoms with van der Waals surface area (Å²) in [5, 5.41) is 0. The van der Waals surface area contributed by atoms with Crippen molar-refractivity contribution in [1.82, 2.24) is 4.98 Å². The van der Waals surface area contributed by atoms with Crippen LogP contribution >= 0.6 is 0 Å². The van der Waals surface area contributed by atoms with Crippen molar-refractivity contribution in [3.05, 3.63) is 29.8 Å². The predicted octanol–water partition coefficient (Wildman–Crippen LogP) is 2.33. The van der Waals surface area contributed by atoms with Crippen molar-refractivity contribution in [3.63, 3.8) is 0 Å². The van der Waals surface area contributed by atoms with Crippen LogP contribution in [0.25, 0.3) is 0 Å². The fourth-order valence-electron chi connectivity index (χ4n) is 0.653. The number of pyridine rings is 1. The van der Waals surface area contributed by atoms with Crippen molar-refractivity contribution in [2.45, 2.75) is 12.8 Å². The van der Waals surface area contributed by atoms with Crippen molar-refractivity contribution in [1.29, 1.82) is 0 Å². The van der Waals surface area contributed by atoms with Gasteiger partial charge in [0.15, 0.2) is 0 Å². The van der Waals surface area contributed by atoms with E-state index in [1.54, 1.807) is 0 Å². The van der Waals surface area contributed by atoms with Gasteiger partial charge in [0, 0.05) is 6.92 Å². The molecule has 0 saturated heterocycles. The third kappa shape index (κ3) is 1.93. The van der Waals surface area contributed by atoms with E-state index in [2.05, 4.69) is 4.98 Å². The van der Waals surface area contributed by atoms with Crippen LogP contribution in [-0.2, 0) is 5.92 Å².